The van der Waals surface area contributed by atoms with Crippen molar-refractivity contribution >= 4 is 11.9 Å². The predicted octanol–water partition coefficient (Wildman–Crippen LogP) is 3.43. The lowest BCUT2D eigenvalue weighted by molar-refractivity contribution is -0.238. The summed E-state index contributed by atoms with van der Waals surface area (Å²) in [6, 6.07) is -0.962. The van der Waals surface area contributed by atoms with Crippen molar-refractivity contribution in [1.82, 2.24) is 5.32 Å². The zero-order valence-electron chi connectivity index (χ0n) is 23.8. The fourth-order valence-corrected chi connectivity index (χ4v) is 4.44. The summed E-state index contributed by atoms with van der Waals surface area (Å²) in [6.45, 7) is 5.41. The summed E-state index contributed by atoms with van der Waals surface area (Å²) in [5.74, 6) is -1.65. The molecule has 2 unspecified atom stereocenters. The fraction of sp³-hybridized carbons (Fsp3) is 0.929. The molecule has 6 atom stereocenters. The van der Waals surface area contributed by atoms with Gasteiger partial charge in [-0.2, -0.15) is 0 Å². The summed E-state index contributed by atoms with van der Waals surface area (Å²) < 4.78 is 5.21. The van der Waals surface area contributed by atoms with Gasteiger partial charge < -0.3 is 35.4 Å². The minimum Gasteiger partial charge on any atom is -0.481 e. The molecule has 1 saturated heterocycles. The van der Waals surface area contributed by atoms with Crippen molar-refractivity contribution in [3.63, 3.8) is 0 Å². The lowest BCUT2D eigenvalue weighted by Gasteiger charge is -2.41. The normalized spacial score (nSPS) is 24.1. The summed E-state index contributed by atoms with van der Waals surface area (Å²) in [6.07, 6.45) is 10.9. The van der Waals surface area contributed by atoms with Crippen LogP contribution in [-0.2, 0) is 14.3 Å². The van der Waals surface area contributed by atoms with Gasteiger partial charge in [0.2, 0.25) is 0 Å². The van der Waals surface area contributed by atoms with Gasteiger partial charge in [-0.05, 0) is 18.8 Å². The highest BCUT2D eigenvalue weighted by Gasteiger charge is 2.44. The van der Waals surface area contributed by atoms with E-state index in [1.807, 2.05) is 13.8 Å². The van der Waals surface area contributed by atoms with Crippen LogP contribution in [0, 0.1) is 5.92 Å². The number of carbonyl (C=O) groups is 2. The molecule has 0 aromatic heterocycles. The van der Waals surface area contributed by atoms with Crippen LogP contribution in [0.5, 0.6) is 0 Å². The van der Waals surface area contributed by atoms with Crippen LogP contribution in [0.2, 0.25) is 0 Å². The van der Waals surface area contributed by atoms with Gasteiger partial charge in [-0.3, -0.25) is 14.9 Å². The third kappa shape index (κ3) is 17.3. The van der Waals surface area contributed by atoms with Crippen molar-refractivity contribution in [2.75, 3.05) is 6.61 Å². The summed E-state index contributed by atoms with van der Waals surface area (Å²) in [4.78, 5) is 21.5. The Hall–Kier alpha value is -1.30. The molecule has 0 radical (unpaired) electrons. The Morgan fingerprint density at radius 1 is 0.763 bits per heavy atom. The molecule has 38 heavy (non-hydrogen) atoms. The molecule has 0 aromatic carbocycles. The standard InChI is InChI=1S/C16H32O2.C12H23NO7/c1-2-3-4-5-6-7-8-9-10-11-12-13-14-15-16(17)18;1-5(2)3-6(12(18)19)13-11-10(17)9(16)8(15)7(4-14)20-11/h2-15H2,1H3,(H,17,18);5-11,13-17H,3-4H2,1-2H3,(H,18,19)/t;6?,7-,8-,9+,10-,11?/m.1/s1. The van der Waals surface area contributed by atoms with Crippen LogP contribution in [0.1, 0.15) is 117 Å². The minimum absolute atomic E-state index is 0.105. The maximum absolute atomic E-state index is 11.2. The first-order valence-electron chi connectivity index (χ1n) is 14.6. The fourth-order valence-electron chi connectivity index (χ4n) is 4.44. The summed E-state index contributed by atoms with van der Waals surface area (Å²) in [5, 5.41) is 58.3. The Morgan fingerprint density at radius 2 is 1.24 bits per heavy atom. The Kier molecular flexibility index (Phi) is 21.7. The second kappa shape index (κ2) is 22.5. The Labute approximate surface area is 228 Å². The van der Waals surface area contributed by atoms with Gasteiger partial charge in [0, 0.05) is 6.42 Å². The molecule has 1 heterocycles. The third-order valence-electron chi connectivity index (χ3n) is 6.76. The molecule has 1 fully saturated rings. The van der Waals surface area contributed by atoms with E-state index in [4.69, 9.17) is 20.1 Å². The Morgan fingerprint density at radius 3 is 1.63 bits per heavy atom. The van der Waals surface area contributed by atoms with Crippen LogP contribution in [0.15, 0.2) is 0 Å². The topological polar surface area (TPSA) is 177 Å². The number of hydrogen-bond acceptors (Lipinski definition) is 8. The quantitative estimate of drug-likeness (QED) is 0.111. The molecule has 0 saturated carbocycles. The van der Waals surface area contributed by atoms with Gasteiger partial charge in [0.05, 0.1) is 6.61 Å². The SMILES string of the molecule is CC(C)CC(NC1O[C@H](CO)[C@@H](O)[C@H](O)[C@H]1O)C(=O)O.CCCCCCCCCCCCCCCC(=O)O. The van der Waals surface area contributed by atoms with E-state index in [0.717, 1.165) is 12.8 Å². The maximum Gasteiger partial charge on any atom is 0.320 e. The van der Waals surface area contributed by atoms with Gasteiger partial charge >= 0.3 is 11.9 Å². The molecular formula is C28H55NO9. The highest BCUT2D eigenvalue weighted by Crippen LogP contribution is 2.21. The van der Waals surface area contributed by atoms with Crippen LogP contribution in [0.4, 0.5) is 0 Å². The van der Waals surface area contributed by atoms with Gasteiger partial charge in [-0.1, -0.05) is 97.8 Å². The van der Waals surface area contributed by atoms with E-state index in [1.54, 1.807) is 0 Å². The average molecular weight is 550 g/mol. The lowest BCUT2D eigenvalue weighted by Crippen LogP contribution is -2.64. The van der Waals surface area contributed by atoms with Crippen LogP contribution in [0.25, 0.3) is 0 Å². The first-order valence-corrected chi connectivity index (χ1v) is 14.6. The van der Waals surface area contributed by atoms with E-state index in [-0.39, 0.29) is 5.92 Å². The molecule has 10 heteroatoms. The highest BCUT2D eigenvalue weighted by molar-refractivity contribution is 5.73. The number of hydrogen-bond donors (Lipinski definition) is 7. The van der Waals surface area contributed by atoms with Crippen LogP contribution in [0.3, 0.4) is 0 Å². The van der Waals surface area contributed by atoms with Crippen molar-refractivity contribution in [3.8, 4) is 0 Å². The smallest absolute Gasteiger partial charge is 0.320 e. The number of ether oxygens (including phenoxy) is 1. The van der Waals surface area contributed by atoms with Crippen LogP contribution < -0.4 is 5.32 Å². The van der Waals surface area contributed by atoms with E-state index in [9.17, 15) is 24.9 Å². The Balaban J connectivity index is 0.000000726. The molecule has 1 aliphatic rings. The number of aliphatic hydroxyl groups is 4. The van der Waals surface area contributed by atoms with Gasteiger partial charge in [0.15, 0.2) is 0 Å². The number of carboxylic acids is 2. The zero-order valence-corrected chi connectivity index (χ0v) is 23.8. The number of rotatable bonds is 20. The van der Waals surface area contributed by atoms with Crippen molar-refractivity contribution < 1.29 is 45.0 Å². The van der Waals surface area contributed by atoms with E-state index >= 15 is 0 Å². The van der Waals surface area contributed by atoms with Gasteiger partial charge in [0.25, 0.3) is 0 Å². The minimum atomic E-state index is -1.52. The molecule has 0 spiro atoms. The van der Waals surface area contributed by atoms with E-state index < -0.39 is 55.2 Å². The number of nitrogens with one attached hydrogen (secondary N) is 1. The van der Waals surface area contributed by atoms with Crippen molar-refractivity contribution in [2.45, 2.75) is 154 Å². The predicted molar refractivity (Wildman–Crippen MR) is 146 cm³/mol. The summed E-state index contributed by atoms with van der Waals surface area (Å²) >= 11 is 0. The van der Waals surface area contributed by atoms with E-state index in [0.29, 0.717) is 12.8 Å². The average Bonchev–Trinajstić information content (AvgIpc) is 2.86. The third-order valence-corrected chi connectivity index (χ3v) is 6.76. The van der Waals surface area contributed by atoms with Gasteiger partial charge in [-0.15, -0.1) is 0 Å². The molecule has 1 rings (SSSR count). The lowest BCUT2D eigenvalue weighted by atomic mass is 9.97. The molecule has 1 aliphatic heterocycles. The van der Waals surface area contributed by atoms with Gasteiger partial charge in [-0.25, -0.2) is 0 Å². The van der Waals surface area contributed by atoms with E-state index in [1.165, 1.54) is 70.6 Å². The molecular weight excluding hydrogens is 494 g/mol. The molecule has 0 bridgehead atoms. The molecule has 226 valence electrons. The number of aliphatic hydroxyl groups excluding tert-OH is 4. The summed E-state index contributed by atoms with van der Waals surface area (Å²) in [7, 11) is 0. The Bertz CT molecular complexity index is 603. The van der Waals surface area contributed by atoms with Crippen molar-refractivity contribution in [3.05, 3.63) is 0 Å². The number of unbranched alkanes of at least 4 members (excludes halogenated alkanes) is 12. The first kappa shape index (κ1) is 36.7. The van der Waals surface area contributed by atoms with Gasteiger partial charge in [0.1, 0.15) is 36.7 Å². The molecule has 0 aliphatic carbocycles. The number of carboxylic acid groups (broad SMARTS) is 2. The van der Waals surface area contributed by atoms with Crippen LogP contribution in [-0.4, -0.2) is 85.9 Å². The molecule has 0 amide bonds. The monoisotopic (exact) mass is 549 g/mol. The molecule has 10 nitrogen and oxygen atoms in total. The highest BCUT2D eigenvalue weighted by atomic mass is 16.6. The van der Waals surface area contributed by atoms with Crippen LogP contribution >= 0.6 is 0 Å². The second-order valence-electron chi connectivity index (χ2n) is 10.8. The van der Waals surface area contributed by atoms with Crippen molar-refractivity contribution in [1.29, 1.82) is 0 Å². The summed E-state index contributed by atoms with van der Waals surface area (Å²) in [5.41, 5.74) is 0. The molecule has 7 N–H and O–H groups in total. The molecule has 0 aromatic rings. The van der Waals surface area contributed by atoms with Crippen molar-refractivity contribution in [2.24, 2.45) is 5.92 Å². The largest absolute Gasteiger partial charge is 0.481 e. The maximum atomic E-state index is 11.2. The van der Waals surface area contributed by atoms with E-state index in [2.05, 4.69) is 12.2 Å². The first-order chi connectivity index (χ1) is 18.0. The zero-order chi connectivity index (χ0) is 28.9. The number of aliphatic carboxylic acids is 2. The second-order valence-corrected chi connectivity index (χ2v) is 10.8.